The molecule has 1 aromatic heterocycles. The first-order valence-corrected chi connectivity index (χ1v) is 10.0. The van der Waals surface area contributed by atoms with Gasteiger partial charge in [-0.15, -0.1) is 11.3 Å². The molecule has 4 nitrogen and oxygen atoms in total. The van der Waals surface area contributed by atoms with Crippen LogP contribution in [0, 0.1) is 0 Å². The third-order valence-corrected chi connectivity index (χ3v) is 5.79. The summed E-state index contributed by atoms with van der Waals surface area (Å²) in [5.41, 5.74) is 1.01. The number of hydrogen-bond donors (Lipinski definition) is 2. The summed E-state index contributed by atoms with van der Waals surface area (Å²) in [6.07, 6.45) is 0. The number of piperazine rings is 1. The van der Waals surface area contributed by atoms with E-state index >= 15 is 0 Å². The molecular weight excluding hydrogens is 348 g/mol. The smallest absolute Gasteiger partial charge is 0.171 e. The van der Waals surface area contributed by atoms with E-state index in [0.717, 1.165) is 31.9 Å². The highest BCUT2D eigenvalue weighted by molar-refractivity contribution is 7.80. The molecule has 1 fully saturated rings. The predicted molar refractivity (Wildman–Crippen MR) is 111 cm³/mol. The normalized spacial score (nSPS) is 18.5. The van der Waals surface area contributed by atoms with Gasteiger partial charge in [0.1, 0.15) is 0 Å². The molecule has 0 spiro atoms. The molecule has 1 saturated heterocycles. The number of para-hydroxylation sites is 1. The Balaban J connectivity index is 1.66. The maximum atomic E-state index is 5.54. The monoisotopic (exact) mass is 374 g/mol. The van der Waals surface area contributed by atoms with Gasteiger partial charge in [-0.3, -0.25) is 4.90 Å². The summed E-state index contributed by atoms with van der Waals surface area (Å²) in [5, 5.41) is 9.61. The fourth-order valence-corrected chi connectivity index (χ4v) is 4.54. The first-order valence-electron chi connectivity index (χ1n) is 8.72. The van der Waals surface area contributed by atoms with Gasteiger partial charge in [0.15, 0.2) is 5.11 Å². The van der Waals surface area contributed by atoms with Crippen molar-refractivity contribution in [2.24, 2.45) is 0 Å². The maximum Gasteiger partial charge on any atom is 0.171 e. The summed E-state index contributed by atoms with van der Waals surface area (Å²) >= 11 is 7.36. The lowest BCUT2D eigenvalue weighted by Crippen LogP contribution is -2.51. The van der Waals surface area contributed by atoms with Gasteiger partial charge in [0, 0.05) is 42.8 Å². The Kier molecular flexibility index (Phi) is 6.42. The van der Waals surface area contributed by atoms with Crippen molar-refractivity contribution in [3.8, 4) is 0 Å². The number of anilines is 1. The number of benzene rings is 1. The standard InChI is InChI=1S/C19H26N4S2/c1-15(20-19(24)21-16-7-4-3-5-8-16)18(17-9-6-14-25-17)23-12-10-22(2)11-13-23/h3-9,14-15,18H,10-13H2,1-2H3,(H2,20,21,24). The van der Waals surface area contributed by atoms with Gasteiger partial charge in [0.25, 0.3) is 0 Å². The van der Waals surface area contributed by atoms with Crippen LogP contribution in [0.3, 0.4) is 0 Å². The molecule has 134 valence electrons. The van der Waals surface area contributed by atoms with Crippen LogP contribution in [-0.2, 0) is 0 Å². The molecule has 0 amide bonds. The molecule has 2 unspecified atom stereocenters. The molecule has 1 aliphatic rings. The molecule has 2 heterocycles. The van der Waals surface area contributed by atoms with E-state index in [1.54, 1.807) is 0 Å². The summed E-state index contributed by atoms with van der Waals surface area (Å²) in [7, 11) is 2.19. The lowest BCUT2D eigenvalue weighted by molar-refractivity contribution is 0.0990. The Bertz CT molecular complexity index is 651. The van der Waals surface area contributed by atoms with Gasteiger partial charge in [0.2, 0.25) is 0 Å². The van der Waals surface area contributed by atoms with Gasteiger partial charge < -0.3 is 15.5 Å². The second-order valence-electron chi connectivity index (χ2n) is 6.55. The Morgan fingerprint density at radius 2 is 1.80 bits per heavy atom. The molecule has 1 aliphatic heterocycles. The van der Waals surface area contributed by atoms with E-state index in [1.165, 1.54) is 4.88 Å². The Morgan fingerprint density at radius 1 is 1.08 bits per heavy atom. The fourth-order valence-electron chi connectivity index (χ4n) is 3.28. The van der Waals surface area contributed by atoms with E-state index in [0.29, 0.717) is 11.2 Å². The average molecular weight is 375 g/mol. The largest absolute Gasteiger partial charge is 0.358 e. The van der Waals surface area contributed by atoms with Crippen molar-refractivity contribution < 1.29 is 0 Å². The topological polar surface area (TPSA) is 30.5 Å². The van der Waals surface area contributed by atoms with Gasteiger partial charge in [0.05, 0.1) is 6.04 Å². The minimum Gasteiger partial charge on any atom is -0.358 e. The summed E-state index contributed by atoms with van der Waals surface area (Å²) in [6.45, 7) is 6.62. The number of thiophene rings is 1. The third-order valence-electron chi connectivity index (χ3n) is 4.63. The van der Waals surface area contributed by atoms with Crippen LogP contribution in [0.5, 0.6) is 0 Å². The first-order chi connectivity index (χ1) is 12.1. The molecule has 2 atom stereocenters. The van der Waals surface area contributed by atoms with Gasteiger partial charge in [-0.25, -0.2) is 0 Å². The first kappa shape index (κ1) is 18.3. The van der Waals surface area contributed by atoms with Crippen molar-refractivity contribution in [1.29, 1.82) is 0 Å². The highest BCUT2D eigenvalue weighted by Gasteiger charge is 2.29. The number of nitrogens with one attached hydrogen (secondary N) is 2. The highest BCUT2D eigenvalue weighted by atomic mass is 32.1. The van der Waals surface area contributed by atoms with Crippen molar-refractivity contribution >= 4 is 34.4 Å². The molecule has 2 aromatic rings. The molecule has 0 radical (unpaired) electrons. The summed E-state index contributed by atoms with van der Waals surface area (Å²) in [4.78, 5) is 6.36. The Labute approximate surface area is 159 Å². The number of hydrogen-bond acceptors (Lipinski definition) is 4. The maximum absolute atomic E-state index is 5.54. The second-order valence-corrected chi connectivity index (χ2v) is 7.94. The second kappa shape index (κ2) is 8.76. The van der Waals surface area contributed by atoms with Crippen molar-refractivity contribution in [2.45, 2.75) is 19.0 Å². The zero-order valence-electron chi connectivity index (χ0n) is 14.8. The van der Waals surface area contributed by atoms with Crippen molar-refractivity contribution in [1.82, 2.24) is 15.1 Å². The molecule has 6 heteroatoms. The van der Waals surface area contributed by atoms with E-state index in [-0.39, 0.29) is 6.04 Å². The molecule has 1 aromatic carbocycles. The zero-order valence-corrected chi connectivity index (χ0v) is 16.4. The van der Waals surface area contributed by atoms with E-state index in [4.69, 9.17) is 12.2 Å². The van der Waals surface area contributed by atoms with Crippen LogP contribution in [0.2, 0.25) is 0 Å². The molecule has 3 rings (SSSR count). The van der Waals surface area contributed by atoms with E-state index in [1.807, 2.05) is 41.7 Å². The molecule has 0 bridgehead atoms. The molecule has 0 saturated carbocycles. The van der Waals surface area contributed by atoms with Crippen LogP contribution < -0.4 is 10.6 Å². The zero-order chi connectivity index (χ0) is 17.6. The molecule has 0 aliphatic carbocycles. The van der Waals surface area contributed by atoms with Crippen molar-refractivity contribution in [3.63, 3.8) is 0 Å². The van der Waals surface area contributed by atoms with Crippen molar-refractivity contribution in [2.75, 3.05) is 38.5 Å². The number of likely N-dealkylation sites (N-methyl/N-ethyl adjacent to an activating group) is 1. The number of rotatable bonds is 5. The van der Waals surface area contributed by atoms with Crippen molar-refractivity contribution in [3.05, 3.63) is 52.7 Å². The van der Waals surface area contributed by atoms with E-state index in [2.05, 4.69) is 51.9 Å². The average Bonchev–Trinajstić information content (AvgIpc) is 3.11. The lowest BCUT2D eigenvalue weighted by Gasteiger charge is -2.40. The van der Waals surface area contributed by atoms with Crippen LogP contribution in [0.4, 0.5) is 5.69 Å². The summed E-state index contributed by atoms with van der Waals surface area (Å²) < 4.78 is 0. The Morgan fingerprint density at radius 3 is 2.44 bits per heavy atom. The number of thiocarbonyl (C=S) groups is 1. The van der Waals surface area contributed by atoms with Crippen LogP contribution in [-0.4, -0.2) is 54.2 Å². The molecule has 25 heavy (non-hydrogen) atoms. The van der Waals surface area contributed by atoms with Crippen LogP contribution in [0.15, 0.2) is 47.8 Å². The quantitative estimate of drug-likeness (QED) is 0.783. The van der Waals surface area contributed by atoms with Gasteiger partial charge in [-0.2, -0.15) is 0 Å². The Hall–Kier alpha value is -1.47. The lowest BCUT2D eigenvalue weighted by atomic mass is 10.1. The van der Waals surface area contributed by atoms with Crippen LogP contribution in [0.1, 0.15) is 17.8 Å². The predicted octanol–water partition coefficient (Wildman–Crippen LogP) is 3.41. The minimum atomic E-state index is 0.228. The SMILES string of the molecule is CC(NC(=S)Nc1ccccc1)C(c1cccs1)N1CCN(C)CC1. The van der Waals surface area contributed by atoms with Gasteiger partial charge in [-0.05, 0) is 49.8 Å². The molecule has 2 N–H and O–H groups in total. The third kappa shape index (κ3) is 5.01. The van der Waals surface area contributed by atoms with Gasteiger partial charge >= 0.3 is 0 Å². The van der Waals surface area contributed by atoms with Crippen LogP contribution >= 0.6 is 23.6 Å². The summed E-state index contributed by atoms with van der Waals surface area (Å²) in [5.74, 6) is 0. The number of nitrogens with zero attached hydrogens (tertiary/aromatic N) is 2. The van der Waals surface area contributed by atoms with Crippen LogP contribution in [0.25, 0.3) is 0 Å². The van der Waals surface area contributed by atoms with Gasteiger partial charge in [-0.1, -0.05) is 24.3 Å². The highest BCUT2D eigenvalue weighted by Crippen LogP contribution is 2.29. The van der Waals surface area contributed by atoms with E-state index < -0.39 is 0 Å². The minimum absolute atomic E-state index is 0.228. The molecular formula is C19H26N4S2. The van der Waals surface area contributed by atoms with E-state index in [9.17, 15) is 0 Å². The fraction of sp³-hybridized carbons (Fsp3) is 0.421. The summed E-state index contributed by atoms with van der Waals surface area (Å²) in [6, 6.07) is 15.0.